The molecule has 0 spiro atoms. The molecule has 1 saturated heterocycles. The smallest absolute Gasteiger partial charge is 0.222 e. The second kappa shape index (κ2) is 5.95. The largest absolute Gasteiger partial charge is 0.309 e. The molecule has 3 heterocycles. The van der Waals surface area contributed by atoms with Gasteiger partial charge in [0.05, 0.1) is 16.7 Å². The molecule has 1 aliphatic rings. The molecule has 112 valence electrons. The summed E-state index contributed by atoms with van der Waals surface area (Å²) >= 11 is 1.70. The predicted molar refractivity (Wildman–Crippen MR) is 82.3 cm³/mol. The second-order valence-corrected chi connectivity index (χ2v) is 6.46. The Hall–Kier alpha value is -1.73. The van der Waals surface area contributed by atoms with E-state index in [-0.39, 0.29) is 5.91 Å². The van der Waals surface area contributed by atoms with Crippen molar-refractivity contribution in [1.29, 1.82) is 0 Å². The van der Waals surface area contributed by atoms with Crippen LogP contribution in [0, 0.1) is 6.92 Å². The van der Waals surface area contributed by atoms with Crippen molar-refractivity contribution in [2.75, 3.05) is 18.4 Å². The standard InChI is InChI=1S/C14H19N5OS/c1-10(20)15-14-4-6-19(17-14)13-3-5-18(8-13)7-12-9-21-11(2)16-12/h4,6,9,13H,3,5,7-8H2,1-2H3,(H,15,17,20)/t13-/m1/s1. The van der Waals surface area contributed by atoms with E-state index in [4.69, 9.17) is 0 Å². The summed E-state index contributed by atoms with van der Waals surface area (Å²) in [7, 11) is 0. The van der Waals surface area contributed by atoms with Crippen molar-refractivity contribution in [2.45, 2.75) is 32.9 Å². The molecule has 0 bridgehead atoms. The third kappa shape index (κ3) is 3.48. The normalized spacial score (nSPS) is 19.0. The Morgan fingerprint density at radius 2 is 2.43 bits per heavy atom. The molecular formula is C14H19N5OS. The molecule has 21 heavy (non-hydrogen) atoms. The van der Waals surface area contributed by atoms with Gasteiger partial charge in [-0.1, -0.05) is 0 Å². The average molecular weight is 305 g/mol. The Morgan fingerprint density at radius 3 is 3.14 bits per heavy atom. The van der Waals surface area contributed by atoms with Crippen molar-refractivity contribution in [1.82, 2.24) is 19.7 Å². The van der Waals surface area contributed by atoms with Crippen LogP contribution in [0.5, 0.6) is 0 Å². The third-order valence-electron chi connectivity index (χ3n) is 3.59. The first-order valence-electron chi connectivity index (χ1n) is 7.06. The van der Waals surface area contributed by atoms with Crippen molar-refractivity contribution >= 4 is 23.1 Å². The van der Waals surface area contributed by atoms with Crippen molar-refractivity contribution in [3.8, 4) is 0 Å². The Morgan fingerprint density at radius 1 is 1.57 bits per heavy atom. The van der Waals surface area contributed by atoms with E-state index in [0.717, 1.165) is 36.8 Å². The van der Waals surface area contributed by atoms with Crippen molar-refractivity contribution in [2.24, 2.45) is 0 Å². The molecule has 0 saturated carbocycles. The van der Waals surface area contributed by atoms with Crippen molar-refractivity contribution < 1.29 is 4.79 Å². The Bertz CT molecular complexity index is 635. The van der Waals surface area contributed by atoms with Crippen LogP contribution in [0.1, 0.15) is 30.1 Å². The second-order valence-electron chi connectivity index (χ2n) is 5.40. The number of carbonyl (C=O) groups excluding carboxylic acids is 1. The number of aromatic nitrogens is 3. The quantitative estimate of drug-likeness (QED) is 0.939. The third-order valence-corrected chi connectivity index (χ3v) is 4.41. The van der Waals surface area contributed by atoms with Crippen LogP contribution in [0.2, 0.25) is 0 Å². The molecule has 0 aromatic carbocycles. The van der Waals surface area contributed by atoms with Gasteiger partial charge in [0.1, 0.15) is 0 Å². The topological polar surface area (TPSA) is 63.1 Å². The number of nitrogens with zero attached hydrogens (tertiary/aromatic N) is 4. The predicted octanol–water partition coefficient (Wildman–Crippen LogP) is 2.05. The number of nitrogens with one attached hydrogen (secondary N) is 1. The van der Waals surface area contributed by atoms with E-state index in [1.807, 2.05) is 23.9 Å². The molecule has 0 radical (unpaired) electrons. The minimum Gasteiger partial charge on any atom is -0.309 e. The lowest BCUT2D eigenvalue weighted by Crippen LogP contribution is -2.21. The number of carbonyl (C=O) groups is 1. The molecule has 1 atom stereocenters. The molecule has 1 fully saturated rings. The highest BCUT2D eigenvalue weighted by Gasteiger charge is 2.25. The number of rotatable bonds is 4. The zero-order chi connectivity index (χ0) is 14.8. The fourth-order valence-electron chi connectivity index (χ4n) is 2.67. The van der Waals surface area contributed by atoms with Crippen LogP contribution in [0.3, 0.4) is 0 Å². The highest BCUT2D eigenvalue weighted by molar-refractivity contribution is 7.09. The maximum absolute atomic E-state index is 11.0. The summed E-state index contributed by atoms with van der Waals surface area (Å²) < 4.78 is 1.96. The maximum Gasteiger partial charge on any atom is 0.222 e. The molecule has 1 aliphatic heterocycles. The summed E-state index contributed by atoms with van der Waals surface area (Å²) in [6.45, 7) is 6.45. The maximum atomic E-state index is 11.0. The average Bonchev–Trinajstić information content (AvgIpc) is 3.11. The Kier molecular flexibility index (Phi) is 4.03. The van der Waals surface area contributed by atoms with E-state index in [2.05, 4.69) is 25.7 Å². The number of hydrogen-bond donors (Lipinski definition) is 1. The number of amides is 1. The summed E-state index contributed by atoms with van der Waals surface area (Å²) in [6, 6.07) is 2.21. The molecular weight excluding hydrogens is 286 g/mol. The van der Waals surface area contributed by atoms with Gasteiger partial charge in [-0.3, -0.25) is 14.4 Å². The van der Waals surface area contributed by atoms with E-state index in [1.54, 1.807) is 11.3 Å². The Balaban J connectivity index is 1.58. The molecule has 2 aromatic rings. The summed E-state index contributed by atoms with van der Waals surface area (Å²) in [6.07, 6.45) is 3.01. The number of thiazole rings is 1. The molecule has 2 aromatic heterocycles. The minimum absolute atomic E-state index is 0.0906. The number of aryl methyl sites for hydroxylation is 1. The van der Waals surface area contributed by atoms with E-state index < -0.39 is 0 Å². The molecule has 7 heteroatoms. The monoisotopic (exact) mass is 305 g/mol. The van der Waals surface area contributed by atoms with Crippen LogP contribution >= 0.6 is 11.3 Å². The molecule has 0 aliphatic carbocycles. The first-order valence-corrected chi connectivity index (χ1v) is 7.94. The molecule has 1 N–H and O–H groups in total. The van der Waals surface area contributed by atoms with Gasteiger partial charge < -0.3 is 5.32 Å². The van der Waals surface area contributed by atoms with Crippen molar-refractivity contribution in [3.63, 3.8) is 0 Å². The van der Waals surface area contributed by atoms with Crippen LogP contribution in [-0.4, -0.2) is 38.7 Å². The van der Waals surface area contributed by atoms with Gasteiger partial charge in [-0.15, -0.1) is 11.3 Å². The summed E-state index contributed by atoms with van der Waals surface area (Å²) in [5.74, 6) is 0.531. The lowest BCUT2D eigenvalue weighted by atomic mass is 10.3. The molecule has 6 nitrogen and oxygen atoms in total. The van der Waals surface area contributed by atoms with Crippen LogP contribution in [0.4, 0.5) is 5.82 Å². The lowest BCUT2D eigenvalue weighted by Gasteiger charge is -2.14. The molecule has 3 rings (SSSR count). The first-order chi connectivity index (χ1) is 10.1. The van der Waals surface area contributed by atoms with Gasteiger partial charge in [0, 0.05) is 44.2 Å². The fraction of sp³-hybridized carbons (Fsp3) is 0.500. The number of hydrogen-bond acceptors (Lipinski definition) is 5. The highest BCUT2D eigenvalue weighted by atomic mass is 32.1. The van der Waals surface area contributed by atoms with Crippen LogP contribution in [-0.2, 0) is 11.3 Å². The van der Waals surface area contributed by atoms with Gasteiger partial charge in [0.2, 0.25) is 5.91 Å². The minimum atomic E-state index is -0.0906. The van der Waals surface area contributed by atoms with Crippen molar-refractivity contribution in [3.05, 3.63) is 28.3 Å². The van der Waals surface area contributed by atoms with Gasteiger partial charge in [-0.05, 0) is 13.3 Å². The van der Waals surface area contributed by atoms with E-state index in [9.17, 15) is 4.79 Å². The SMILES string of the molecule is CC(=O)Nc1ccn([C@@H]2CCN(Cc3csc(C)n3)C2)n1. The number of likely N-dealkylation sites (tertiary alicyclic amines) is 1. The van der Waals surface area contributed by atoms with Crippen LogP contribution in [0.15, 0.2) is 17.6 Å². The summed E-state index contributed by atoms with van der Waals surface area (Å²) in [4.78, 5) is 17.9. The van der Waals surface area contributed by atoms with Crippen LogP contribution < -0.4 is 5.32 Å². The summed E-state index contributed by atoms with van der Waals surface area (Å²) in [5, 5.41) is 10.4. The van der Waals surface area contributed by atoms with Gasteiger partial charge >= 0.3 is 0 Å². The fourth-order valence-corrected chi connectivity index (χ4v) is 3.27. The van der Waals surface area contributed by atoms with E-state index >= 15 is 0 Å². The zero-order valence-corrected chi connectivity index (χ0v) is 13.1. The number of anilines is 1. The van der Waals surface area contributed by atoms with Crippen LogP contribution in [0.25, 0.3) is 0 Å². The van der Waals surface area contributed by atoms with E-state index in [0.29, 0.717) is 11.9 Å². The molecule has 0 unspecified atom stereocenters. The zero-order valence-electron chi connectivity index (χ0n) is 12.2. The first kappa shape index (κ1) is 14.2. The van der Waals surface area contributed by atoms with Gasteiger partial charge in [-0.25, -0.2) is 4.98 Å². The summed E-state index contributed by atoms with van der Waals surface area (Å²) in [5.41, 5.74) is 1.15. The highest BCUT2D eigenvalue weighted by Crippen LogP contribution is 2.23. The Labute approximate surface area is 127 Å². The molecule has 1 amide bonds. The van der Waals surface area contributed by atoms with Gasteiger partial charge in [0.15, 0.2) is 5.82 Å². The van der Waals surface area contributed by atoms with E-state index in [1.165, 1.54) is 6.92 Å². The lowest BCUT2D eigenvalue weighted by molar-refractivity contribution is -0.114. The van der Waals surface area contributed by atoms with Gasteiger partial charge in [-0.2, -0.15) is 5.10 Å². The van der Waals surface area contributed by atoms with Gasteiger partial charge in [0.25, 0.3) is 0 Å².